The molecule has 0 radical (unpaired) electrons. The van der Waals surface area contributed by atoms with Gasteiger partial charge in [-0.2, -0.15) is 18.2 Å². The fourth-order valence-electron chi connectivity index (χ4n) is 4.97. The largest absolute Gasteiger partial charge is 0.417 e. The summed E-state index contributed by atoms with van der Waals surface area (Å²) in [5.74, 6) is -2.13. The monoisotopic (exact) mass is 566 g/mol. The molecule has 0 aliphatic carbocycles. The molecule has 7 nitrogen and oxygen atoms in total. The summed E-state index contributed by atoms with van der Waals surface area (Å²) in [6.45, 7) is 4.47. The third-order valence-electron chi connectivity index (χ3n) is 6.90. The number of amides is 1. The van der Waals surface area contributed by atoms with E-state index in [1.54, 1.807) is 9.80 Å². The van der Waals surface area contributed by atoms with Gasteiger partial charge in [-0.3, -0.25) is 9.36 Å². The molecule has 1 aromatic heterocycles. The highest BCUT2D eigenvalue weighted by Crippen LogP contribution is 2.48. The molecule has 1 atom stereocenters. The summed E-state index contributed by atoms with van der Waals surface area (Å²) < 4.78 is 79.2. The minimum Gasteiger partial charge on any atom is -0.379 e. The van der Waals surface area contributed by atoms with E-state index < -0.39 is 46.3 Å². The number of carbonyl (C=O) groups is 1. The first-order valence-corrected chi connectivity index (χ1v) is 13.0. The second-order valence-corrected chi connectivity index (χ2v) is 10.2. The van der Waals surface area contributed by atoms with E-state index >= 15 is 0 Å². The zero-order valence-electron chi connectivity index (χ0n) is 20.7. The summed E-state index contributed by atoms with van der Waals surface area (Å²) in [7, 11) is 1.43. The SMILES string of the molecule is C=CC(=O)N1CCN(c2nc(=O)n3c4c(c(-c5ccc(F)cc5F)c(C(F)(F)F)cc24)SC[C@H](OC)C3)CC1. The van der Waals surface area contributed by atoms with E-state index in [4.69, 9.17) is 4.74 Å². The lowest BCUT2D eigenvalue weighted by Gasteiger charge is -2.35. The molecule has 3 aromatic rings. The molecule has 1 amide bonds. The van der Waals surface area contributed by atoms with Gasteiger partial charge in [0.25, 0.3) is 0 Å². The molecule has 206 valence electrons. The summed E-state index contributed by atoms with van der Waals surface area (Å²) >= 11 is 1.02. The second kappa shape index (κ2) is 10.3. The lowest BCUT2D eigenvalue weighted by atomic mass is 9.95. The average Bonchev–Trinajstić information content (AvgIpc) is 3.11. The van der Waals surface area contributed by atoms with Crippen LogP contribution in [0.25, 0.3) is 22.0 Å². The highest BCUT2D eigenvalue weighted by molar-refractivity contribution is 7.99. The summed E-state index contributed by atoms with van der Waals surface area (Å²) in [5, 5.41) is 0.0657. The lowest BCUT2D eigenvalue weighted by molar-refractivity contribution is -0.137. The van der Waals surface area contributed by atoms with Crippen molar-refractivity contribution in [2.24, 2.45) is 0 Å². The minimum atomic E-state index is -4.91. The topological polar surface area (TPSA) is 67.7 Å². The number of carbonyl (C=O) groups excluding carboxylic acids is 1. The van der Waals surface area contributed by atoms with E-state index in [0.29, 0.717) is 6.07 Å². The van der Waals surface area contributed by atoms with Crippen molar-refractivity contribution >= 4 is 34.4 Å². The van der Waals surface area contributed by atoms with E-state index in [1.807, 2.05) is 0 Å². The van der Waals surface area contributed by atoms with Gasteiger partial charge in [-0.25, -0.2) is 13.6 Å². The number of anilines is 1. The van der Waals surface area contributed by atoms with Crippen LogP contribution in [0.2, 0.25) is 0 Å². The standard InChI is InChI=1S/C26H23F5N4O3S/c1-3-20(36)33-6-8-34(9-7-33)24-17-11-18(26(29,30)31)21(16-5-4-14(27)10-19(16)28)23-22(17)35(25(37)32-24)12-15(38-2)13-39-23/h3-5,10-11,15H,1,6-9,12-13H2,2H3/t15-/m1/s1. The third-order valence-corrected chi connectivity index (χ3v) is 8.13. The Hall–Kier alpha value is -3.45. The molecule has 13 heteroatoms. The van der Waals surface area contributed by atoms with E-state index in [9.17, 15) is 31.5 Å². The Labute approximate surface area is 223 Å². The number of alkyl halides is 3. The number of aromatic nitrogens is 2. The molecule has 2 aliphatic rings. The molecule has 2 aromatic carbocycles. The van der Waals surface area contributed by atoms with E-state index in [2.05, 4.69) is 11.6 Å². The van der Waals surface area contributed by atoms with E-state index in [1.165, 1.54) is 17.8 Å². The molecular weight excluding hydrogens is 543 g/mol. The summed E-state index contributed by atoms with van der Waals surface area (Å²) in [6, 6.07) is 3.27. The first-order valence-electron chi connectivity index (χ1n) is 12.0. The summed E-state index contributed by atoms with van der Waals surface area (Å²) in [4.78, 5) is 32.8. The van der Waals surface area contributed by atoms with E-state index in [-0.39, 0.29) is 66.0 Å². The van der Waals surface area contributed by atoms with E-state index in [0.717, 1.165) is 30.0 Å². The van der Waals surface area contributed by atoms with Crippen molar-refractivity contribution in [2.75, 3.05) is 43.9 Å². The molecule has 0 unspecified atom stereocenters. The van der Waals surface area contributed by atoms with Crippen molar-refractivity contribution in [3.05, 3.63) is 64.6 Å². The number of rotatable bonds is 4. The number of benzene rings is 2. The van der Waals surface area contributed by atoms with Gasteiger partial charge >= 0.3 is 11.9 Å². The summed E-state index contributed by atoms with van der Waals surface area (Å²) in [5.41, 5.74) is -2.56. The Morgan fingerprint density at radius 1 is 1.18 bits per heavy atom. The van der Waals surface area contributed by atoms with Gasteiger partial charge in [0.15, 0.2) is 0 Å². The van der Waals surface area contributed by atoms with Gasteiger partial charge in [0, 0.05) is 66.5 Å². The van der Waals surface area contributed by atoms with Crippen molar-refractivity contribution in [1.82, 2.24) is 14.5 Å². The molecule has 5 rings (SSSR count). The Bertz CT molecular complexity index is 1530. The maximum atomic E-state index is 15.0. The average molecular weight is 567 g/mol. The van der Waals surface area contributed by atoms with Crippen molar-refractivity contribution in [1.29, 1.82) is 0 Å². The molecule has 3 heterocycles. The van der Waals surface area contributed by atoms with Crippen LogP contribution in [0.15, 0.2) is 46.6 Å². The van der Waals surface area contributed by atoms with Crippen LogP contribution in [0.4, 0.5) is 27.8 Å². The molecule has 0 spiro atoms. The summed E-state index contributed by atoms with van der Waals surface area (Å²) in [6.07, 6.45) is -4.27. The lowest BCUT2D eigenvalue weighted by Crippen LogP contribution is -2.49. The zero-order valence-corrected chi connectivity index (χ0v) is 21.5. The fourth-order valence-corrected chi connectivity index (χ4v) is 6.29. The first kappa shape index (κ1) is 27.1. The highest BCUT2D eigenvalue weighted by atomic mass is 32.2. The fraction of sp³-hybridized carbons (Fsp3) is 0.346. The number of ether oxygens (including phenoxy) is 1. The molecule has 0 bridgehead atoms. The van der Waals surface area contributed by atoms with Crippen LogP contribution in [0.1, 0.15) is 5.56 Å². The Morgan fingerprint density at radius 2 is 1.90 bits per heavy atom. The third kappa shape index (κ3) is 4.89. The normalized spacial score (nSPS) is 17.8. The van der Waals surface area contributed by atoms with Crippen LogP contribution in [0, 0.1) is 11.6 Å². The Kier molecular flexibility index (Phi) is 7.14. The van der Waals surface area contributed by atoms with Crippen molar-refractivity contribution in [3.63, 3.8) is 0 Å². The van der Waals surface area contributed by atoms with Gasteiger partial charge in [-0.1, -0.05) is 6.58 Å². The van der Waals surface area contributed by atoms with Gasteiger partial charge in [0.1, 0.15) is 17.5 Å². The van der Waals surface area contributed by atoms with Gasteiger partial charge in [-0.05, 0) is 24.3 Å². The molecule has 0 N–H and O–H groups in total. The highest BCUT2D eigenvalue weighted by Gasteiger charge is 2.39. The van der Waals surface area contributed by atoms with Crippen molar-refractivity contribution in [3.8, 4) is 11.1 Å². The van der Waals surface area contributed by atoms with Crippen LogP contribution >= 0.6 is 11.8 Å². The number of halogens is 5. The smallest absolute Gasteiger partial charge is 0.379 e. The van der Waals surface area contributed by atoms with Crippen molar-refractivity contribution in [2.45, 2.75) is 23.7 Å². The number of piperazine rings is 1. The van der Waals surface area contributed by atoms with Crippen LogP contribution < -0.4 is 10.6 Å². The number of hydrogen-bond acceptors (Lipinski definition) is 6. The maximum Gasteiger partial charge on any atom is 0.417 e. The van der Waals surface area contributed by atoms with Crippen LogP contribution in [-0.4, -0.2) is 65.5 Å². The Morgan fingerprint density at radius 3 is 2.51 bits per heavy atom. The second-order valence-electron chi connectivity index (χ2n) is 9.16. The molecule has 2 aliphatic heterocycles. The molecular formula is C26H23F5N4O3S. The number of hydrogen-bond donors (Lipinski definition) is 0. The number of nitrogens with zero attached hydrogens (tertiary/aromatic N) is 4. The van der Waals surface area contributed by atoms with Crippen molar-refractivity contribution < 1.29 is 31.5 Å². The van der Waals surface area contributed by atoms with Gasteiger partial charge in [-0.15, -0.1) is 11.8 Å². The van der Waals surface area contributed by atoms with Gasteiger partial charge < -0.3 is 14.5 Å². The molecule has 0 saturated carbocycles. The van der Waals surface area contributed by atoms with Crippen LogP contribution in [0.3, 0.4) is 0 Å². The predicted octanol–water partition coefficient (Wildman–Crippen LogP) is 4.32. The maximum absolute atomic E-state index is 15.0. The molecule has 39 heavy (non-hydrogen) atoms. The Balaban J connectivity index is 1.81. The van der Waals surface area contributed by atoms with Crippen LogP contribution in [0.5, 0.6) is 0 Å². The van der Waals surface area contributed by atoms with Gasteiger partial charge in [0.05, 0.1) is 23.7 Å². The predicted molar refractivity (Wildman–Crippen MR) is 137 cm³/mol. The first-order chi connectivity index (χ1) is 18.5. The van der Waals surface area contributed by atoms with Crippen LogP contribution in [-0.2, 0) is 22.3 Å². The van der Waals surface area contributed by atoms with Gasteiger partial charge in [0.2, 0.25) is 5.91 Å². The molecule has 1 saturated heterocycles. The number of thioether (sulfide) groups is 1. The molecule has 1 fully saturated rings. The number of methoxy groups -OCH3 is 1. The minimum absolute atomic E-state index is 0.0252. The quantitative estimate of drug-likeness (QED) is 0.346. The zero-order chi connectivity index (χ0) is 28.1.